The molecule has 0 aromatic rings. The SMILES string of the molecule is CCC1(C)C(=O)NC=C(CCl)C1=O. The van der Waals surface area contributed by atoms with Gasteiger partial charge in [0.1, 0.15) is 5.41 Å². The van der Waals surface area contributed by atoms with Crippen molar-refractivity contribution in [3.8, 4) is 0 Å². The van der Waals surface area contributed by atoms with Crippen LogP contribution in [0.4, 0.5) is 0 Å². The third kappa shape index (κ3) is 1.48. The Balaban J connectivity index is 3.06. The molecular formula is C9H12ClNO2. The number of carbonyl (C=O) groups is 2. The number of nitrogens with one attached hydrogen (secondary N) is 1. The number of carbonyl (C=O) groups excluding carboxylic acids is 2. The van der Waals surface area contributed by atoms with Crippen molar-refractivity contribution in [2.45, 2.75) is 20.3 Å². The quantitative estimate of drug-likeness (QED) is 0.540. The van der Waals surface area contributed by atoms with Crippen molar-refractivity contribution in [2.24, 2.45) is 5.41 Å². The molecule has 1 aliphatic rings. The highest BCUT2D eigenvalue weighted by molar-refractivity contribution is 6.26. The van der Waals surface area contributed by atoms with E-state index in [1.165, 1.54) is 6.20 Å². The Morgan fingerprint density at radius 1 is 1.54 bits per heavy atom. The molecule has 72 valence electrons. The van der Waals surface area contributed by atoms with Gasteiger partial charge in [0, 0.05) is 11.8 Å². The summed E-state index contributed by atoms with van der Waals surface area (Å²) in [6.07, 6.45) is 1.89. The van der Waals surface area contributed by atoms with Crippen molar-refractivity contribution in [3.05, 3.63) is 11.8 Å². The molecule has 1 unspecified atom stereocenters. The van der Waals surface area contributed by atoms with Crippen LogP contribution in [0.1, 0.15) is 20.3 Å². The van der Waals surface area contributed by atoms with E-state index >= 15 is 0 Å². The van der Waals surface area contributed by atoms with Gasteiger partial charge in [0.2, 0.25) is 5.91 Å². The number of ketones is 1. The average Bonchev–Trinajstić information content (AvgIpc) is 2.15. The first-order valence-electron chi connectivity index (χ1n) is 4.17. The number of hydrogen-bond donors (Lipinski definition) is 1. The van der Waals surface area contributed by atoms with Crippen LogP contribution in [0.15, 0.2) is 11.8 Å². The molecule has 0 spiro atoms. The van der Waals surface area contributed by atoms with Crippen LogP contribution < -0.4 is 5.32 Å². The summed E-state index contributed by atoms with van der Waals surface area (Å²) in [7, 11) is 0. The van der Waals surface area contributed by atoms with E-state index in [-0.39, 0.29) is 17.6 Å². The van der Waals surface area contributed by atoms with Gasteiger partial charge in [-0.3, -0.25) is 9.59 Å². The Bertz CT molecular complexity index is 285. The first kappa shape index (κ1) is 10.3. The predicted octanol–water partition coefficient (Wildman–Crippen LogP) is 1.22. The van der Waals surface area contributed by atoms with Gasteiger partial charge in [-0.1, -0.05) is 6.92 Å². The predicted molar refractivity (Wildman–Crippen MR) is 50.4 cm³/mol. The normalized spacial score (nSPS) is 28.4. The van der Waals surface area contributed by atoms with Crippen LogP contribution in [-0.4, -0.2) is 17.6 Å². The van der Waals surface area contributed by atoms with E-state index in [0.717, 1.165) is 0 Å². The minimum Gasteiger partial charge on any atom is -0.331 e. The van der Waals surface area contributed by atoms with Gasteiger partial charge < -0.3 is 5.32 Å². The number of hydrogen-bond acceptors (Lipinski definition) is 2. The Morgan fingerprint density at radius 2 is 2.15 bits per heavy atom. The number of halogens is 1. The Hall–Kier alpha value is -0.830. The maximum absolute atomic E-state index is 11.7. The molecule has 0 aliphatic carbocycles. The van der Waals surface area contributed by atoms with E-state index in [0.29, 0.717) is 12.0 Å². The third-order valence-electron chi connectivity index (χ3n) is 2.52. The van der Waals surface area contributed by atoms with Gasteiger partial charge in [-0.25, -0.2) is 0 Å². The second-order valence-electron chi connectivity index (χ2n) is 3.29. The maximum atomic E-state index is 11.7. The molecule has 1 N–H and O–H groups in total. The molecule has 13 heavy (non-hydrogen) atoms. The highest BCUT2D eigenvalue weighted by Gasteiger charge is 2.42. The van der Waals surface area contributed by atoms with Crippen LogP contribution in [0.25, 0.3) is 0 Å². The van der Waals surface area contributed by atoms with Crippen LogP contribution in [0.2, 0.25) is 0 Å². The standard InChI is InChI=1S/C9H12ClNO2/c1-3-9(2)7(12)6(4-10)5-11-8(9)13/h5H,3-4H2,1-2H3,(H,11,13). The van der Waals surface area contributed by atoms with E-state index in [1.807, 2.05) is 6.92 Å². The molecule has 1 heterocycles. The Morgan fingerprint density at radius 3 is 2.62 bits per heavy atom. The molecule has 0 saturated carbocycles. The molecule has 0 radical (unpaired) electrons. The summed E-state index contributed by atoms with van der Waals surface area (Å²) in [6.45, 7) is 3.46. The van der Waals surface area contributed by atoms with Crippen molar-refractivity contribution >= 4 is 23.3 Å². The fourth-order valence-electron chi connectivity index (χ4n) is 1.26. The summed E-state index contributed by atoms with van der Waals surface area (Å²) in [5, 5.41) is 2.55. The summed E-state index contributed by atoms with van der Waals surface area (Å²) < 4.78 is 0. The topological polar surface area (TPSA) is 46.2 Å². The lowest BCUT2D eigenvalue weighted by atomic mass is 9.77. The molecule has 0 aromatic heterocycles. The van der Waals surface area contributed by atoms with Gasteiger partial charge in [0.05, 0.1) is 5.88 Å². The maximum Gasteiger partial charge on any atom is 0.237 e. The minimum atomic E-state index is -0.932. The molecule has 1 atom stereocenters. The molecule has 0 aromatic carbocycles. The lowest BCUT2D eigenvalue weighted by molar-refractivity contribution is -0.139. The number of alkyl halides is 1. The highest BCUT2D eigenvalue weighted by atomic mass is 35.5. The summed E-state index contributed by atoms with van der Waals surface area (Å²) in [5.41, 5.74) is -0.454. The summed E-state index contributed by atoms with van der Waals surface area (Å²) in [5.74, 6) is -0.253. The van der Waals surface area contributed by atoms with Gasteiger partial charge >= 0.3 is 0 Å². The second kappa shape index (κ2) is 3.50. The molecule has 1 aliphatic heterocycles. The summed E-state index contributed by atoms with van der Waals surface area (Å²) in [6, 6.07) is 0. The van der Waals surface area contributed by atoms with Crippen LogP contribution >= 0.6 is 11.6 Å². The minimum absolute atomic E-state index is 0.148. The lowest BCUT2D eigenvalue weighted by Gasteiger charge is -2.29. The third-order valence-corrected chi connectivity index (χ3v) is 2.81. The lowest BCUT2D eigenvalue weighted by Crippen LogP contribution is -2.47. The van der Waals surface area contributed by atoms with Crippen molar-refractivity contribution < 1.29 is 9.59 Å². The fraction of sp³-hybridized carbons (Fsp3) is 0.556. The van der Waals surface area contributed by atoms with Crippen molar-refractivity contribution in [1.29, 1.82) is 0 Å². The second-order valence-corrected chi connectivity index (χ2v) is 3.56. The zero-order valence-electron chi connectivity index (χ0n) is 7.69. The monoisotopic (exact) mass is 201 g/mol. The van der Waals surface area contributed by atoms with Crippen LogP contribution in [0, 0.1) is 5.41 Å². The number of rotatable bonds is 2. The van der Waals surface area contributed by atoms with Crippen molar-refractivity contribution in [2.75, 3.05) is 5.88 Å². The van der Waals surface area contributed by atoms with E-state index in [2.05, 4.69) is 5.32 Å². The van der Waals surface area contributed by atoms with Crippen molar-refractivity contribution in [3.63, 3.8) is 0 Å². The highest BCUT2D eigenvalue weighted by Crippen LogP contribution is 2.29. The molecule has 0 bridgehead atoms. The molecule has 0 saturated heterocycles. The molecule has 1 rings (SSSR count). The number of Topliss-reactive ketones (excluding diaryl/α,β-unsaturated/α-hetero) is 1. The van der Waals surface area contributed by atoms with Crippen LogP contribution in [0.3, 0.4) is 0 Å². The summed E-state index contributed by atoms with van der Waals surface area (Å²) in [4.78, 5) is 23.1. The van der Waals surface area contributed by atoms with Crippen LogP contribution in [0.5, 0.6) is 0 Å². The first-order chi connectivity index (χ1) is 6.06. The Labute approximate surface area is 82.1 Å². The fourth-order valence-corrected chi connectivity index (χ4v) is 1.45. The largest absolute Gasteiger partial charge is 0.331 e. The van der Waals surface area contributed by atoms with Gasteiger partial charge in [-0.2, -0.15) is 0 Å². The van der Waals surface area contributed by atoms with Gasteiger partial charge in [-0.05, 0) is 13.3 Å². The summed E-state index contributed by atoms with van der Waals surface area (Å²) >= 11 is 5.57. The Kier molecular flexibility index (Phi) is 2.76. The zero-order valence-corrected chi connectivity index (χ0v) is 8.44. The van der Waals surface area contributed by atoms with E-state index in [9.17, 15) is 9.59 Å². The molecule has 4 heteroatoms. The average molecular weight is 202 g/mol. The van der Waals surface area contributed by atoms with Crippen LogP contribution in [-0.2, 0) is 9.59 Å². The first-order valence-corrected chi connectivity index (χ1v) is 4.70. The van der Waals surface area contributed by atoms with Gasteiger partial charge in [0.15, 0.2) is 5.78 Å². The van der Waals surface area contributed by atoms with Gasteiger partial charge in [0.25, 0.3) is 0 Å². The molecule has 0 fully saturated rings. The van der Waals surface area contributed by atoms with E-state index < -0.39 is 5.41 Å². The number of amides is 1. The van der Waals surface area contributed by atoms with Crippen molar-refractivity contribution in [1.82, 2.24) is 5.32 Å². The molecule has 1 amide bonds. The smallest absolute Gasteiger partial charge is 0.237 e. The zero-order chi connectivity index (χ0) is 10.1. The van der Waals surface area contributed by atoms with E-state index in [1.54, 1.807) is 6.92 Å². The molecule has 3 nitrogen and oxygen atoms in total. The van der Waals surface area contributed by atoms with Gasteiger partial charge in [-0.15, -0.1) is 11.6 Å². The van der Waals surface area contributed by atoms with E-state index in [4.69, 9.17) is 11.6 Å². The number of allylic oxidation sites excluding steroid dienone is 1. The molecular weight excluding hydrogens is 190 g/mol.